The highest BCUT2D eigenvalue weighted by Crippen LogP contribution is 2.69. The fourth-order valence-corrected chi connectivity index (χ4v) is 7.76. The minimum Gasteiger partial charge on any atom is -0.501 e. The summed E-state index contributed by atoms with van der Waals surface area (Å²) in [5.74, 6) is 3.40. The summed E-state index contributed by atoms with van der Waals surface area (Å²) >= 11 is 0. The molecule has 1 saturated heterocycles. The summed E-state index contributed by atoms with van der Waals surface area (Å²) < 4.78 is 11.6. The van der Waals surface area contributed by atoms with E-state index in [4.69, 9.17) is 9.47 Å². The second-order valence-electron chi connectivity index (χ2n) is 9.97. The summed E-state index contributed by atoms with van der Waals surface area (Å²) in [6.45, 7) is 4.95. The van der Waals surface area contributed by atoms with E-state index in [-0.39, 0.29) is 17.0 Å². The van der Waals surface area contributed by atoms with Crippen LogP contribution in [0.5, 0.6) is 0 Å². The van der Waals surface area contributed by atoms with E-state index in [1.54, 1.807) is 7.11 Å². The van der Waals surface area contributed by atoms with E-state index in [1.165, 1.54) is 37.7 Å². The van der Waals surface area contributed by atoms with Crippen molar-refractivity contribution in [3.8, 4) is 0 Å². The Labute approximate surface area is 157 Å². The van der Waals surface area contributed by atoms with Gasteiger partial charge < -0.3 is 9.47 Å². The van der Waals surface area contributed by atoms with Gasteiger partial charge in [-0.15, -0.1) is 0 Å². The number of allylic oxidation sites excluding steroid dienone is 4. The average molecular weight is 357 g/mol. The van der Waals surface area contributed by atoms with Crippen LogP contribution >= 0.6 is 0 Å². The number of carbonyl (C=O) groups is 1. The molecule has 0 aromatic carbocycles. The number of rotatable bonds is 1. The van der Waals surface area contributed by atoms with Gasteiger partial charge in [0.1, 0.15) is 5.60 Å². The van der Waals surface area contributed by atoms with Gasteiger partial charge in [-0.3, -0.25) is 4.79 Å². The number of fused-ring (bicyclic) bond motifs is 6. The Morgan fingerprint density at radius 3 is 2.62 bits per heavy atom. The second-order valence-corrected chi connectivity index (χ2v) is 9.97. The van der Waals surface area contributed by atoms with E-state index in [2.05, 4.69) is 26.0 Å². The summed E-state index contributed by atoms with van der Waals surface area (Å²) in [5, 5.41) is 0. The maximum absolute atomic E-state index is 12.0. The fraction of sp³-hybridized carbons (Fsp3) is 0.783. The molecule has 0 aromatic heterocycles. The number of methoxy groups -OCH3 is 1. The first-order chi connectivity index (χ1) is 12.4. The molecule has 0 bridgehead atoms. The van der Waals surface area contributed by atoms with Crippen LogP contribution in [-0.2, 0) is 14.3 Å². The van der Waals surface area contributed by atoms with Crippen molar-refractivity contribution in [2.24, 2.45) is 28.6 Å². The zero-order valence-corrected chi connectivity index (χ0v) is 16.5. The molecule has 5 rings (SSSR count). The molecular formula is C23H32O3. The third kappa shape index (κ3) is 1.98. The number of hydrogen-bond donors (Lipinski definition) is 0. The van der Waals surface area contributed by atoms with Gasteiger partial charge in [-0.25, -0.2) is 0 Å². The van der Waals surface area contributed by atoms with Crippen LogP contribution < -0.4 is 0 Å². The highest BCUT2D eigenvalue weighted by atomic mass is 16.6. The zero-order chi connectivity index (χ0) is 18.2. The summed E-state index contributed by atoms with van der Waals surface area (Å²) in [5.41, 5.74) is 1.85. The number of ether oxygens (including phenoxy) is 2. The zero-order valence-electron chi connectivity index (χ0n) is 16.5. The van der Waals surface area contributed by atoms with Crippen LogP contribution in [0.4, 0.5) is 0 Å². The molecule has 1 spiro atoms. The average Bonchev–Trinajstić information content (AvgIpc) is 3.15. The molecule has 6 atom stereocenters. The largest absolute Gasteiger partial charge is 0.501 e. The SMILES string of the molecule is COC1=CC2=CC[C@H]3[C@@H](CC[C@]4(C)[C@@H]3CC[C@]43CCC(=O)O3)[C@]2(C)CC1. The molecule has 1 heterocycles. The molecule has 0 N–H and O–H groups in total. The number of esters is 1. The Kier molecular flexibility index (Phi) is 3.50. The highest BCUT2D eigenvalue weighted by molar-refractivity contribution is 5.72. The van der Waals surface area contributed by atoms with Crippen molar-refractivity contribution in [3.05, 3.63) is 23.5 Å². The van der Waals surface area contributed by atoms with Crippen molar-refractivity contribution < 1.29 is 14.3 Å². The lowest BCUT2D eigenvalue weighted by atomic mass is 9.47. The Morgan fingerprint density at radius 1 is 1.08 bits per heavy atom. The van der Waals surface area contributed by atoms with Gasteiger partial charge in [0.05, 0.1) is 12.9 Å². The summed E-state index contributed by atoms with van der Waals surface area (Å²) in [7, 11) is 1.80. The van der Waals surface area contributed by atoms with Crippen LogP contribution in [0, 0.1) is 28.6 Å². The first-order valence-electron chi connectivity index (χ1n) is 10.6. The third-order valence-electron chi connectivity index (χ3n) is 9.33. The van der Waals surface area contributed by atoms with Crippen LogP contribution in [0.25, 0.3) is 0 Å². The quantitative estimate of drug-likeness (QED) is 0.608. The van der Waals surface area contributed by atoms with E-state index >= 15 is 0 Å². The Morgan fingerprint density at radius 2 is 1.88 bits per heavy atom. The lowest BCUT2D eigenvalue weighted by Crippen LogP contribution is -2.54. The number of carbonyl (C=O) groups excluding carboxylic acids is 1. The maximum Gasteiger partial charge on any atom is 0.306 e. The van der Waals surface area contributed by atoms with Crippen LogP contribution in [-0.4, -0.2) is 18.7 Å². The normalized spacial score (nSPS) is 49.7. The summed E-state index contributed by atoms with van der Waals surface area (Å²) in [6, 6.07) is 0. The van der Waals surface area contributed by atoms with Crippen molar-refractivity contribution in [1.29, 1.82) is 0 Å². The van der Waals surface area contributed by atoms with Gasteiger partial charge >= 0.3 is 5.97 Å². The van der Waals surface area contributed by atoms with Crippen LogP contribution in [0.3, 0.4) is 0 Å². The van der Waals surface area contributed by atoms with Crippen LogP contribution in [0.15, 0.2) is 23.5 Å². The smallest absolute Gasteiger partial charge is 0.306 e. The van der Waals surface area contributed by atoms with E-state index in [1.807, 2.05) is 0 Å². The van der Waals surface area contributed by atoms with Gasteiger partial charge in [0.25, 0.3) is 0 Å². The topological polar surface area (TPSA) is 35.5 Å². The molecule has 4 aliphatic carbocycles. The highest BCUT2D eigenvalue weighted by Gasteiger charge is 2.66. The van der Waals surface area contributed by atoms with Gasteiger partial charge in [-0.2, -0.15) is 0 Å². The van der Waals surface area contributed by atoms with E-state index in [0.717, 1.165) is 36.9 Å². The first kappa shape index (κ1) is 16.9. The molecular weight excluding hydrogens is 324 g/mol. The van der Waals surface area contributed by atoms with E-state index in [9.17, 15) is 4.79 Å². The molecule has 3 nitrogen and oxygen atoms in total. The van der Waals surface area contributed by atoms with Gasteiger partial charge in [-0.05, 0) is 79.8 Å². The van der Waals surface area contributed by atoms with Crippen molar-refractivity contribution in [3.63, 3.8) is 0 Å². The summed E-state index contributed by atoms with van der Waals surface area (Å²) in [6.07, 6.45) is 14.7. The predicted octanol–water partition coefficient (Wildman–Crippen LogP) is 5.17. The molecule has 0 unspecified atom stereocenters. The minimum atomic E-state index is -0.152. The standard InChI is InChI=1S/C23H32O3/c1-21-10-6-16(25-3)14-15(21)4-5-17-18(21)7-11-22(2)19(17)8-12-23(22)13-9-20(24)26-23/h4,14,17-19H,5-13H2,1-3H3/t17-,18+,19+,21+,22+,23-/m0/s1. The van der Waals surface area contributed by atoms with Crippen molar-refractivity contribution in [1.82, 2.24) is 0 Å². The monoisotopic (exact) mass is 356 g/mol. The molecule has 5 aliphatic rings. The molecule has 0 radical (unpaired) electrons. The Hall–Kier alpha value is -1.25. The summed E-state index contributed by atoms with van der Waals surface area (Å²) in [4.78, 5) is 12.0. The minimum absolute atomic E-state index is 0.0382. The van der Waals surface area contributed by atoms with Crippen molar-refractivity contribution >= 4 is 5.97 Å². The third-order valence-corrected chi connectivity index (χ3v) is 9.33. The number of hydrogen-bond acceptors (Lipinski definition) is 3. The molecule has 3 fully saturated rings. The van der Waals surface area contributed by atoms with Gasteiger partial charge in [0.15, 0.2) is 0 Å². The lowest BCUT2D eigenvalue weighted by Gasteiger charge is -2.58. The molecule has 3 heteroatoms. The van der Waals surface area contributed by atoms with Gasteiger partial charge in [0, 0.05) is 18.3 Å². The van der Waals surface area contributed by atoms with Crippen LogP contribution in [0.1, 0.15) is 71.6 Å². The maximum atomic E-state index is 12.0. The van der Waals surface area contributed by atoms with Gasteiger partial charge in [0.2, 0.25) is 0 Å². The molecule has 0 aromatic rings. The van der Waals surface area contributed by atoms with Crippen LogP contribution in [0.2, 0.25) is 0 Å². The molecule has 26 heavy (non-hydrogen) atoms. The lowest BCUT2D eigenvalue weighted by molar-refractivity contribution is -0.167. The second kappa shape index (κ2) is 5.39. The van der Waals surface area contributed by atoms with E-state index in [0.29, 0.717) is 17.8 Å². The fourth-order valence-electron chi connectivity index (χ4n) is 7.76. The molecule has 1 aliphatic heterocycles. The van der Waals surface area contributed by atoms with Crippen molar-refractivity contribution in [2.75, 3.05) is 7.11 Å². The van der Waals surface area contributed by atoms with Gasteiger partial charge in [-0.1, -0.05) is 19.9 Å². The molecule has 0 amide bonds. The predicted molar refractivity (Wildman–Crippen MR) is 100 cm³/mol. The van der Waals surface area contributed by atoms with E-state index < -0.39 is 0 Å². The molecule has 2 saturated carbocycles. The Bertz CT molecular complexity index is 706. The first-order valence-corrected chi connectivity index (χ1v) is 10.6. The van der Waals surface area contributed by atoms with Crippen molar-refractivity contribution in [2.45, 2.75) is 77.2 Å². The molecule has 142 valence electrons. The Balaban J connectivity index is 1.49.